The molecule has 1 saturated heterocycles. The molecule has 0 radical (unpaired) electrons. The Labute approximate surface area is 129 Å². The fourth-order valence-corrected chi connectivity index (χ4v) is 4.14. The maximum absolute atomic E-state index is 5.94. The second kappa shape index (κ2) is 6.51. The summed E-state index contributed by atoms with van der Waals surface area (Å²) < 4.78 is 2.58. The minimum Gasteiger partial charge on any atom is -0.296 e. The molecule has 0 spiro atoms. The van der Waals surface area contributed by atoms with Gasteiger partial charge < -0.3 is 0 Å². The van der Waals surface area contributed by atoms with Crippen LogP contribution in [0.3, 0.4) is 0 Å². The van der Waals surface area contributed by atoms with E-state index in [1.165, 1.54) is 12.8 Å². The van der Waals surface area contributed by atoms with Crippen molar-refractivity contribution in [3.8, 4) is 0 Å². The molecule has 0 aliphatic carbocycles. The molecule has 6 nitrogen and oxygen atoms in total. The largest absolute Gasteiger partial charge is 0.296 e. The van der Waals surface area contributed by atoms with Crippen molar-refractivity contribution in [2.24, 2.45) is 12.9 Å². The fraction of sp³-hybridized carbons (Fsp3) is 0.846. The lowest BCUT2D eigenvalue weighted by Crippen LogP contribution is -2.57. The topological polar surface area (TPSA) is 72.0 Å². The van der Waals surface area contributed by atoms with Gasteiger partial charge in [0.05, 0.1) is 11.7 Å². The molecule has 114 valence electrons. The average Bonchev–Trinajstić information content (AvgIpc) is 3.09. The van der Waals surface area contributed by atoms with Crippen molar-refractivity contribution in [2.75, 3.05) is 13.1 Å². The summed E-state index contributed by atoms with van der Waals surface area (Å²) in [6.07, 6.45) is 4.61. The van der Waals surface area contributed by atoms with Crippen molar-refractivity contribution in [2.45, 2.75) is 51.1 Å². The molecule has 7 heteroatoms. The fourth-order valence-electron chi connectivity index (χ4n) is 3.58. The molecule has 1 aromatic heterocycles. The molecule has 0 saturated carbocycles. The van der Waals surface area contributed by atoms with E-state index in [1.807, 2.05) is 11.7 Å². The molecule has 0 amide bonds. The molecule has 0 aromatic carbocycles. The molecule has 1 aliphatic heterocycles. The first kappa shape index (κ1) is 15.9. The Morgan fingerprint density at radius 3 is 2.35 bits per heavy atom. The summed E-state index contributed by atoms with van der Waals surface area (Å²) in [5.74, 6) is 5.94. The van der Waals surface area contributed by atoms with Crippen molar-refractivity contribution in [1.82, 2.24) is 25.3 Å². The molecule has 2 rings (SSSR count). The van der Waals surface area contributed by atoms with E-state index in [2.05, 4.69) is 50.4 Å². The Kier molecular flexibility index (Phi) is 5.17. The zero-order valence-corrected chi connectivity index (χ0v) is 14.2. The Morgan fingerprint density at radius 1 is 1.35 bits per heavy atom. The van der Waals surface area contributed by atoms with E-state index in [9.17, 15) is 0 Å². The highest BCUT2D eigenvalue weighted by atomic mass is 79.9. The number of nitrogens with two attached hydrogens (primary N) is 1. The zero-order valence-electron chi connectivity index (χ0n) is 12.6. The summed E-state index contributed by atoms with van der Waals surface area (Å²) >= 11 is 3.51. The van der Waals surface area contributed by atoms with Gasteiger partial charge in [0.1, 0.15) is 0 Å². The SMILES string of the molecule is CCC(CC)(C(NN)c1c(Br)nnn1C)N1CCCC1. The number of nitrogens with zero attached hydrogens (tertiary/aromatic N) is 4. The number of rotatable bonds is 6. The van der Waals surface area contributed by atoms with Gasteiger partial charge in [-0.25, -0.2) is 10.1 Å². The summed E-state index contributed by atoms with van der Waals surface area (Å²) in [6.45, 7) is 6.76. The lowest BCUT2D eigenvalue weighted by molar-refractivity contribution is 0.0583. The number of aryl methyl sites for hydroxylation is 1. The molecule has 1 unspecified atom stereocenters. The van der Waals surface area contributed by atoms with Gasteiger partial charge in [0.25, 0.3) is 0 Å². The number of nitrogens with one attached hydrogen (secondary N) is 1. The van der Waals surface area contributed by atoms with Gasteiger partial charge in [-0.1, -0.05) is 19.1 Å². The summed E-state index contributed by atoms with van der Waals surface area (Å²) in [4.78, 5) is 2.58. The van der Waals surface area contributed by atoms with Gasteiger partial charge in [0.15, 0.2) is 4.60 Å². The average molecular weight is 345 g/mol. The standard InChI is InChI=1S/C13H25BrN6/c1-4-13(5-2,20-8-6-7-9-20)11(16-15)10-12(14)17-18-19(10)3/h11,16H,4-9,15H2,1-3H3. The highest BCUT2D eigenvalue weighted by Crippen LogP contribution is 2.40. The molecule has 1 aromatic rings. The quantitative estimate of drug-likeness (QED) is 0.607. The monoisotopic (exact) mass is 344 g/mol. The molecule has 1 atom stereocenters. The molecule has 0 bridgehead atoms. The van der Waals surface area contributed by atoms with Crippen LogP contribution >= 0.6 is 15.9 Å². The zero-order chi connectivity index (χ0) is 14.8. The number of hydrogen-bond acceptors (Lipinski definition) is 5. The van der Waals surface area contributed by atoms with Crippen LogP contribution in [0.15, 0.2) is 4.60 Å². The smallest absolute Gasteiger partial charge is 0.153 e. The van der Waals surface area contributed by atoms with Gasteiger partial charge in [-0.15, -0.1) is 5.10 Å². The van der Waals surface area contributed by atoms with Gasteiger partial charge in [0.2, 0.25) is 0 Å². The van der Waals surface area contributed by atoms with Crippen LogP contribution in [0.5, 0.6) is 0 Å². The van der Waals surface area contributed by atoms with Crippen LogP contribution in [0.1, 0.15) is 51.3 Å². The Bertz CT molecular complexity index is 417. The highest BCUT2D eigenvalue weighted by molar-refractivity contribution is 9.10. The second-order valence-electron chi connectivity index (χ2n) is 5.49. The van der Waals surface area contributed by atoms with Gasteiger partial charge in [-0.3, -0.25) is 10.7 Å². The molecule has 1 fully saturated rings. The van der Waals surface area contributed by atoms with Gasteiger partial charge >= 0.3 is 0 Å². The summed E-state index contributed by atoms with van der Waals surface area (Å²) in [5.41, 5.74) is 4.05. The van der Waals surface area contributed by atoms with E-state index in [0.717, 1.165) is 36.2 Å². The predicted molar refractivity (Wildman–Crippen MR) is 82.9 cm³/mol. The maximum atomic E-state index is 5.94. The van der Waals surface area contributed by atoms with E-state index < -0.39 is 0 Å². The lowest BCUT2D eigenvalue weighted by atomic mass is 9.81. The normalized spacial score (nSPS) is 18.6. The van der Waals surface area contributed by atoms with Crippen LogP contribution in [0.25, 0.3) is 0 Å². The minimum absolute atomic E-state index is 0.00322. The van der Waals surface area contributed by atoms with Crippen molar-refractivity contribution in [3.63, 3.8) is 0 Å². The van der Waals surface area contributed by atoms with Crippen LogP contribution < -0.4 is 11.3 Å². The van der Waals surface area contributed by atoms with E-state index in [1.54, 1.807) is 0 Å². The van der Waals surface area contributed by atoms with Crippen LogP contribution in [0.2, 0.25) is 0 Å². The second-order valence-corrected chi connectivity index (χ2v) is 6.24. The molecular formula is C13H25BrN6. The Balaban J connectivity index is 2.44. The summed E-state index contributed by atoms with van der Waals surface area (Å²) in [7, 11) is 1.91. The predicted octanol–water partition coefficient (Wildman–Crippen LogP) is 1.74. The molecular weight excluding hydrogens is 320 g/mol. The Morgan fingerprint density at radius 2 is 1.95 bits per heavy atom. The number of halogens is 1. The number of aromatic nitrogens is 3. The maximum Gasteiger partial charge on any atom is 0.153 e. The number of hydrogen-bond donors (Lipinski definition) is 2. The van der Waals surface area contributed by atoms with Crippen LogP contribution in [0, 0.1) is 0 Å². The van der Waals surface area contributed by atoms with E-state index in [0.29, 0.717) is 0 Å². The number of hydrazine groups is 1. The van der Waals surface area contributed by atoms with E-state index in [4.69, 9.17) is 5.84 Å². The van der Waals surface area contributed by atoms with E-state index >= 15 is 0 Å². The third-order valence-electron chi connectivity index (χ3n) is 4.76. The first-order chi connectivity index (χ1) is 9.60. The molecule has 20 heavy (non-hydrogen) atoms. The van der Waals surface area contributed by atoms with Crippen molar-refractivity contribution in [1.29, 1.82) is 0 Å². The Hall–Kier alpha value is -0.500. The first-order valence-corrected chi connectivity index (χ1v) is 8.16. The highest BCUT2D eigenvalue weighted by Gasteiger charge is 2.44. The van der Waals surface area contributed by atoms with Crippen molar-refractivity contribution in [3.05, 3.63) is 10.3 Å². The van der Waals surface area contributed by atoms with Crippen molar-refractivity contribution < 1.29 is 0 Å². The van der Waals surface area contributed by atoms with Crippen LogP contribution in [0.4, 0.5) is 0 Å². The van der Waals surface area contributed by atoms with Gasteiger partial charge in [0, 0.05) is 12.6 Å². The van der Waals surface area contributed by atoms with E-state index in [-0.39, 0.29) is 11.6 Å². The minimum atomic E-state index is 0.00322. The number of likely N-dealkylation sites (tertiary alicyclic amines) is 1. The first-order valence-electron chi connectivity index (χ1n) is 7.37. The molecule has 1 aliphatic rings. The third kappa shape index (κ3) is 2.52. The van der Waals surface area contributed by atoms with Crippen LogP contribution in [-0.2, 0) is 7.05 Å². The summed E-state index contributed by atoms with van der Waals surface area (Å²) in [6, 6.07) is 0.00461. The lowest BCUT2D eigenvalue weighted by Gasteiger charge is -2.46. The van der Waals surface area contributed by atoms with Gasteiger partial charge in [-0.05, 0) is 54.7 Å². The third-order valence-corrected chi connectivity index (χ3v) is 5.33. The molecule has 2 heterocycles. The summed E-state index contributed by atoms with van der Waals surface area (Å²) in [5, 5.41) is 8.21. The van der Waals surface area contributed by atoms with Crippen LogP contribution in [-0.4, -0.2) is 38.5 Å². The molecule has 3 N–H and O–H groups in total. The van der Waals surface area contributed by atoms with Gasteiger partial charge in [-0.2, -0.15) is 0 Å². The van der Waals surface area contributed by atoms with Crippen molar-refractivity contribution >= 4 is 15.9 Å².